The second-order valence-corrected chi connectivity index (χ2v) is 7.95. The SMILES string of the molecule is Cc1cccc([N+](=O)[O-])c1NC(=O)COC(=O)CCc1c(C)nc2c3ccccc3nn2c1C. The molecule has 174 valence electrons. The topological polar surface area (TPSA) is 129 Å². The van der Waals surface area contributed by atoms with Gasteiger partial charge in [0.1, 0.15) is 5.69 Å². The van der Waals surface area contributed by atoms with Crippen molar-refractivity contribution in [2.75, 3.05) is 11.9 Å². The number of carbonyl (C=O) groups is 2. The van der Waals surface area contributed by atoms with Crippen molar-refractivity contribution in [3.8, 4) is 0 Å². The molecule has 4 aromatic rings. The molecule has 1 amide bonds. The minimum Gasteiger partial charge on any atom is -0.456 e. The van der Waals surface area contributed by atoms with Crippen molar-refractivity contribution in [3.63, 3.8) is 0 Å². The van der Waals surface area contributed by atoms with Crippen LogP contribution in [0.25, 0.3) is 16.6 Å². The number of nitro benzene ring substituents is 1. The summed E-state index contributed by atoms with van der Waals surface area (Å²) >= 11 is 0. The first-order valence-electron chi connectivity index (χ1n) is 10.7. The fourth-order valence-corrected chi connectivity index (χ4v) is 3.93. The second-order valence-electron chi connectivity index (χ2n) is 7.95. The van der Waals surface area contributed by atoms with Crippen LogP contribution in [0.4, 0.5) is 11.4 Å². The van der Waals surface area contributed by atoms with E-state index in [0.717, 1.165) is 33.5 Å². The standard InChI is InChI=1S/C24H23N5O5/c1-14-7-6-10-20(29(32)33)23(14)26-21(30)13-34-22(31)12-11-17-15(2)25-24-18-8-4-5-9-19(18)27-28(24)16(17)3/h4-10H,11-13H2,1-3H3,(H,26,30). The van der Waals surface area contributed by atoms with Crippen LogP contribution < -0.4 is 5.32 Å². The van der Waals surface area contributed by atoms with Crippen molar-refractivity contribution in [2.24, 2.45) is 0 Å². The molecule has 0 fully saturated rings. The van der Waals surface area contributed by atoms with E-state index in [0.29, 0.717) is 12.0 Å². The molecule has 0 bridgehead atoms. The molecule has 0 spiro atoms. The van der Waals surface area contributed by atoms with Gasteiger partial charge in [-0.2, -0.15) is 5.10 Å². The van der Waals surface area contributed by atoms with Gasteiger partial charge in [-0.15, -0.1) is 0 Å². The van der Waals surface area contributed by atoms with Crippen LogP contribution in [-0.2, 0) is 20.7 Å². The van der Waals surface area contributed by atoms with Gasteiger partial charge in [0.25, 0.3) is 11.6 Å². The molecule has 0 aliphatic carbocycles. The van der Waals surface area contributed by atoms with Gasteiger partial charge >= 0.3 is 5.97 Å². The Bertz CT molecular complexity index is 1440. The summed E-state index contributed by atoms with van der Waals surface area (Å²) in [6, 6.07) is 12.2. The van der Waals surface area contributed by atoms with Gasteiger partial charge < -0.3 is 10.1 Å². The fourth-order valence-electron chi connectivity index (χ4n) is 3.93. The lowest BCUT2D eigenvalue weighted by atomic mass is 10.1. The molecule has 0 aliphatic rings. The molecule has 0 saturated heterocycles. The molecule has 10 nitrogen and oxygen atoms in total. The Hall–Kier alpha value is -4.34. The van der Waals surface area contributed by atoms with Crippen LogP contribution in [0.5, 0.6) is 0 Å². The third-order valence-electron chi connectivity index (χ3n) is 5.67. The van der Waals surface area contributed by atoms with E-state index in [1.807, 2.05) is 38.1 Å². The average Bonchev–Trinajstić information content (AvgIpc) is 3.17. The zero-order valence-corrected chi connectivity index (χ0v) is 19.0. The Kier molecular flexibility index (Phi) is 6.22. The molecular weight excluding hydrogens is 438 g/mol. The number of hydrogen-bond donors (Lipinski definition) is 1. The number of amides is 1. The summed E-state index contributed by atoms with van der Waals surface area (Å²) in [6.45, 7) is 4.92. The van der Waals surface area contributed by atoms with E-state index in [2.05, 4.69) is 15.4 Å². The lowest BCUT2D eigenvalue weighted by Gasteiger charge is -2.11. The largest absolute Gasteiger partial charge is 0.456 e. The lowest BCUT2D eigenvalue weighted by molar-refractivity contribution is -0.384. The first-order chi connectivity index (χ1) is 16.3. The van der Waals surface area contributed by atoms with Gasteiger partial charge in [-0.25, -0.2) is 9.50 Å². The Morgan fingerprint density at radius 3 is 2.65 bits per heavy atom. The maximum Gasteiger partial charge on any atom is 0.306 e. The van der Waals surface area contributed by atoms with E-state index in [1.165, 1.54) is 12.1 Å². The van der Waals surface area contributed by atoms with Crippen LogP contribution >= 0.6 is 0 Å². The molecule has 1 N–H and O–H groups in total. The number of nitrogens with zero attached hydrogens (tertiary/aromatic N) is 4. The average molecular weight is 461 g/mol. The zero-order valence-electron chi connectivity index (χ0n) is 19.0. The summed E-state index contributed by atoms with van der Waals surface area (Å²) in [5.74, 6) is -1.21. The molecule has 2 aromatic carbocycles. The summed E-state index contributed by atoms with van der Waals surface area (Å²) in [4.78, 5) is 39.8. The van der Waals surface area contributed by atoms with Crippen LogP contribution in [0.2, 0.25) is 0 Å². The zero-order chi connectivity index (χ0) is 24.4. The van der Waals surface area contributed by atoms with Crippen LogP contribution in [0.1, 0.15) is 28.9 Å². The van der Waals surface area contributed by atoms with Crippen molar-refractivity contribution in [3.05, 3.63) is 75.1 Å². The van der Waals surface area contributed by atoms with Gasteiger partial charge in [0.15, 0.2) is 12.3 Å². The highest BCUT2D eigenvalue weighted by Crippen LogP contribution is 2.27. The van der Waals surface area contributed by atoms with E-state index < -0.39 is 23.4 Å². The summed E-state index contributed by atoms with van der Waals surface area (Å²) in [5, 5.41) is 19.2. The molecule has 0 unspecified atom stereocenters. The molecule has 10 heteroatoms. The Balaban J connectivity index is 1.40. The predicted octanol–water partition coefficient (Wildman–Crippen LogP) is 3.83. The number of nitrogens with one attached hydrogen (secondary N) is 1. The van der Waals surface area contributed by atoms with Crippen molar-refractivity contribution in [1.29, 1.82) is 0 Å². The number of carbonyl (C=O) groups excluding carboxylic acids is 2. The van der Waals surface area contributed by atoms with Gasteiger partial charge in [0.05, 0.1) is 10.4 Å². The number of fused-ring (bicyclic) bond motifs is 3. The highest BCUT2D eigenvalue weighted by atomic mass is 16.6. The van der Waals surface area contributed by atoms with Gasteiger partial charge in [-0.05, 0) is 50.5 Å². The summed E-state index contributed by atoms with van der Waals surface area (Å²) in [5.41, 5.74) is 4.58. The van der Waals surface area contributed by atoms with Gasteiger partial charge in [0.2, 0.25) is 0 Å². The van der Waals surface area contributed by atoms with E-state index in [9.17, 15) is 19.7 Å². The molecule has 0 radical (unpaired) electrons. The van der Waals surface area contributed by atoms with Gasteiger partial charge in [-0.1, -0.05) is 24.3 Å². The van der Waals surface area contributed by atoms with Crippen molar-refractivity contribution in [1.82, 2.24) is 14.6 Å². The van der Waals surface area contributed by atoms with Crippen LogP contribution in [-0.4, -0.2) is 38.0 Å². The molecule has 4 rings (SSSR count). The summed E-state index contributed by atoms with van der Waals surface area (Å²) in [7, 11) is 0. The van der Waals surface area contributed by atoms with Crippen LogP contribution in [0.15, 0.2) is 42.5 Å². The number of para-hydroxylation sites is 1. The molecule has 34 heavy (non-hydrogen) atoms. The quantitative estimate of drug-likeness (QED) is 0.252. The maximum absolute atomic E-state index is 12.3. The molecule has 2 heterocycles. The monoisotopic (exact) mass is 461 g/mol. The maximum atomic E-state index is 12.3. The lowest BCUT2D eigenvalue weighted by Crippen LogP contribution is -2.22. The smallest absolute Gasteiger partial charge is 0.306 e. The first-order valence-corrected chi connectivity index (χ1v) is 10.7. The molecule has 0 atom stereocenters. The highest BCUT2D eigenvalue weighted by molar-refractivity contribution is 5.95. The number of anilines is 1. The summed E-state index contributed by atoms with van der Waals surface area (Å²) in [6.07, 6.45) is 0.425. The van der Waals surface area contributed by atoms with Gasteiger partial charge in [-0.3, -0.25) is 19.7 Å². The number of nitro groups is 1. The molecule has 2 aromatic heterocycles. The van der Waals surface area contributed by atoms with Crippen molar-refractivity contribution in [2.45, 2.75) is 33.6 Å². The Morgan fingerprint density at radius 1 is 1.12 bits per heavy atom. The second kappa shape index (κ2) is 9.26. The number of ether oxygens (including phenoxy) is 1. The number of hydrogen-bond acceptors (Lipinski definition) is 7. The summed E-state index contributed by atoms with van der Waals surface area (Å²) < 4.78 is 6.87. The van der Waals surface area contributed by atoms with E-state index >= 15 is 0 Å². The van der Waals surface area contributed by atoms with E-state index in [-0.39, 0.29) is 17.8 Å². The van der Waals surface area contributed by atoms with Gasteiger partial charge in [0, 0.05) is 29.3 Å². The van der Waals surface area contributed by atoms with E-state index in [1.54, 1.807) is 17.5 Å². The minimum absolute atomic E-state index is 0.0491. The number of rotatable bonds is 7. The third kappa shape index (κ3) is 4.42. The Morgan fingerprint density at radius 2 is 1.88 bits per heavy atom. The highest BCUT2D eigenvalue weighted by Gasteiger charge is 2.19. The first kappa shape index (κ1) is 22.8. The fraction of sp³-hybridized carbons (Fsp3) is 0.250. The normalized spacial score (nSPS) is 11.0. The number of esters is 1. The molecular formula is C24H23N5O5. The number of aromatic nitrogens is 3. The van der Waals surface area contributed by atoms with E-state index in [4.69, 9.17) is 4.74 Å². The predicted molar refractivity (Wildman–Crippen MR) is 126 cm³/mol. The molecule has 0 aliphatic heterocycles. The third-order valence-corrected chi connectivity index (χ3v) is 5.67. The van der Waals surface area contributed by atoms with Crippen molar-refractivity contribution < 1.29 is 19.2 Å². The van der Waals surface area contributed by atoms with Crippen LogP contribution in [0.3, 0.4) is 0 Å². The Labute approximate surface area is 194 Å². The van der Waals surface area contributed by atoms with Crippen LogP contribution in [0, 0.1) is 30.9 Å². The van der Waals surface area contributed by atoms with Crippen molar-refractivity contribution >= 4 is 39.8 Å². The number of aryl methyl sites for hydroxylation is 3. The minimum atomic E-state index is -0.649. The number of benzene rings is 2. The molecule has 0 saturated carbocycles.